The van der Waals surface area contributed by atoms with Crippen molar-refractivity contribution in [2.45, 2.75) is 38.3 Å². The zero-order valence-corrected chi connectivity index (χ0v) is 10.3. The molecule has 0 radical (unpaired) electrons. The number of ether oxygens (including phenoxy) is 1. The molecule has 2 fully saturated rings. The second-order valence-corrected chi connectivity index (χ2v) is 4.85. The summed E-state index contributed by atoms with van der Waals surface area (Å²) < 4.78 is 5.08. The van der Waals surface area contributed by atoms with Crippen LogP contribution in [0.5, 0.6) is 0 Å². The van der Waals surface area contributed by atoms with Gasteiger partial charge in [-0.3, -0.25) is 9.69 Å². The van der Waals surface area contributed by atoms with Gasteiger partial charge in [-0.15, -0.1) is 0 Å². The molecule has 2 atom stereocenters. The number of rotatable bonds is 3. The van der Waals surface area contributed by atoms with Gasteiger partial charge in [-0.2, -0.15) is 0 Å². The van der Waals surface area contributed by atoms with Crippen LogP contribution in [0.1, 0.15) is 26.2 Å². The third-order valence-electron chi connectivity index (χ3n) is 3.83. The summed E-state index contributed by atoms with van der Waals surface area (Å²) in [4.78, 5) is 16.4. The Labute approximate surface area is 97.5 Å². The first-order valence-electron chi connectivity index (χ1n) is 6.28. The Morgan fingerprint density at radius 2 is 2.00 bits per heavy atom. The fourth-order valence-electron chi connectivity index (χ4n) is 2.70. The minimum atomic E-state index is -0.294. The number of nitrogens with zero attached hydrogens (tertiary/aromatic N) is 2. The molecule has 0 spiro atoms. The topological polar surface area (TPSA) is 32.8 Å². The highest BCUT2D eigenvalue weighted by atomic mass is 16.5. The minimum absolute atomic E-state index is 0.143. The molecule has 92 valence electrons. The summed E-state index contributed by atoms with van der Waals surface area (Å²) in [5.74, 6) is 0.143. The quantitative estimate of drug-likeness (QED) is 0.711. The van der Waals surface area contributed by atoms with E-state index < -0.39 is 0 Å². The van der Waals surface area contributed by atoms with Crippen LogP contribution in [0.25, 0.3) is 0 Å². The highest BCUT2D eigenvalue weighted by Gasteiger charge is 2.32. The largest absolute Gasteiger partial charge is 0.372 e. The van der Waals surface area contributed by atoms with Crippen molar-refractivity contribution in [1.29, 1.82) is 0 Å². The number of likely N-dealkylation sites (tertiary alicyclic amines) is 2. The van der Waals surface area contributed by atoms with Crippen molar-refractivity contribution < 1.29 is 9.53 Å². The average molecular weight is 226 g/mol. The predicted octanol–water partition coefficient (Wildman–Crippen LogP) is 0.718. The van der Waals surface area contributed by atoms with E-state index in [-0.39, 0.29) is 12.0 Å². The van der Waals surface area contributed by atoms with E-state index in [4.69, 9.17) is 4.74 Å². The Morgan fingerprint density at radius 3 is 2.62 bits per heavy atom. The maximum Gasteiger partial charge on any atom is 0.251 e. The average Bonchev–Trinajstić information content (AvgIpc) is 2.96. The number of carbonyl (C=O) groups excluding carboxylic acids is 1. The summed E-state index contributed by atoms with van der Waals surface area (Å²) >= 11 is 0. The molecule has 0 bridgehead atoms. The molecule has 0 aromatic heterocycles. The molecule has 0 aromatic carbocycles. The Kier molecular flexibility index (Phi) is 3.82. The lowest BCUT2D eigenvalue weighted by Crippen LogP contribution is -2.40. The predicted molar refractivity (Wildman–Crippen MR) is 62.3 cm³/mol. The second kappa shape index (κ2) is 5.15. The fraction of sp³-hybridized carbons (Fsp3) is 0.917. The first kappa shape index (κ1) is 11.9. The van der Waals surface area contributed by atoms with Crippen LogP contribution in [-0.2, 0) is 9.53 Å². The summed E-state index contributed by atoms with van der Waals surface area (Å²) in [5.41, 5.74) is 0. The van der Waals surface area contributed by atoms with Crippen LogP contribution in [-0.4, -0.2) is 61.1 Å². The number of methoxy groups -OCH3 is 1. The number of hydrogen-bond acceptors (Lipinski definition) is 3. The maximum absolute atomic E-state index is 11.9. The van der Waals surface area contributed by atoms with E-state index in [0.717, 1.165) is 19.5 Å². The molecule has 2 heterocycles. The first-order chi connectivity index (χ1) is 7.72. The second-order valence-electron chi connectivity index (χ2n) is 4.85. The Balaban J connectivity index is 1.85. The third-order valence-corrected chi connectivity index (χ3v) is 3.83. The van der Waals surface area contributed by atoms with Crippen LogP contribution in [0.4, 0.5) is 0 Å². The highest BCUT2D eigenvalue weighted by Crippen LogP contribution is 2.21. The molecule has 4 heteroatoms. The van der Waals surface area contributed by atoms with Gasteiger partial charge in [-0.1, -0.05) is 0 Å². The molecule has 2 unspecified atom stereocenters. The molecular weight excluding hydrogens is 204 g/mol. The van der Waals surface area contributed by atoms with Gasteiger partial charge in [0.2, 0.25) is 0 Å². The molecule has 2 aliphatic rings. The Bertz CT molecular complexity index is 251. The molecule has 0 N–H and O–H groups in total. The van der Waals surface area contributed by atoms with Crippen molar-refractivity contribution in [3.8, 4) is 0 Å². The van der Waals surface area contributed by atoms with E-state index >= 15 is 0 Å². The fourth-order valence-corrected chi connectivity index (χ4v) is 2.70. The van der Waals surface area contributed by atoms with E-state index in [9.17, 15) is 4.79 Å². The van der Waals surface area contributed by atoms with Crippen LogP contribution in [0.2, 0.25) is 0 Å². The lowest BCUT2D eigenvalue weighted by molar-refractivity contribution is -0.139. The van der Waals surface area contributed by atoms with Crippen LogP contribution >= 0.6 is 0 Å². The molecule has 2 rings (SSSR count). The van der Waals surface area contributed by atoms with Gasteiger partial charge < -0.3 is 9.64 Å². The zero-order chi connectivity index (χ0) is 11.5. The van der Waals surface area contributed by atoms with Crippen molar-refractivity contribution in [1.82, 2.24) is 9.80 Å². The zero-order valence-electron chi connectivity index (χ0n) is 10.3. The summed E-state index contributed by atoms with van der Waals surface area (Å²) in [7, 11) is 1.59. The smallest absolute Gasteiger partial charge is 0.251 e. The van der Waals surface area contributed by atoms with Crippen molar-refractivity contribution >= 4 is 5.91 Å². The number of carbonyl (C=O) groups is 1. The van der Waals surface area contributed by atoms with Gasteiger partial charge in [0.15, 0.2) is 0 Å². The standard InChI is InChI=1S/C12H22N2O2/c1-10(16-2)12(15)14-8-5-11(9-14)13-6-3-4-7-13/h10-11H,3-9H2,1-2H3. The first-order valence-corrected chi connectivity index (χ1v) is 6.28. The van der Waals surface area contributed by atoms with Gasteiger partial charge >= 0.3 is 0 Å². The number of hydrogen-bond donors (Lipinski definition) is 0. The molecule has 16 heavy (non-hydrogen) atoms. The summed E-state index contributed by atoms with van der Waals surface area (Å²) in [5, 5.41) is 0. The molecule has 2 aliphatic heterocycles. The van der Waals surface area contributed by atoms with Gasteiger partial charge in [0, 0.05) is 26.2 Å². The van der Waals surface area contributed by atoms with Gasteiger partial charge in [-0.05, 0) is 39.3 Å². The van der Waals surface area contributed by atoms with Crippen LogP contribution in [0, 0.1) is 0 Å². The molecule has 4 nitrogen and oxygen atoms in total. The molecule has 0 aliphatic carbocycles. The van der Waals surface area contributed by atoms with Crippen LogP contribution in [0.3, 0.4) is 0 Å². The lowest BCUT2D eigenvalue weighted by atomic mass is 10.2. The van der Waals surface area contributed by atoms with Gasteiger partial charge in [0.05, 0.1) is 0 Å². The molecule has 0 aromatic rings. The third kappa shape index (κ3) is 2.38. The van der Waals surface area contributed by atoms with Crippen molar-refractivity contribution in [2.24, 2.45) is 0 Å². The van der Waals surface area contributed by atoms with E-state index in [1.54, 1.807) is 7.11 Å². The summed E-state index contributed by atoms with van der Waals surface area (Å²) in [6.07, 6.45) is 3.47. The normalized spacial score (nSPS) is 28.6. The van der Waals surface area contributed by atoms with Gasteiger partial charge in [0.25, 0.3) is 5.91 Å². The minimum Gasteiger partial charge on any atom is -0.372 e. The molecule has 0 saturated carbocycles. The van der Waals surface area contributed by atoms with E-state index in [1.807, 2.05) is 11.8 Å². The lowest BCUT2D eigenvalue weighted by Gasteiger charge is -2.24. The Hall–Kier alpha value is -0.610. The molecule has 1 amide bonds. The number of amides is 1. The van der Waals surface area contributed by atoms with Crippen molar-refractivity contribution in [2.75, 3.05) is 33.3 Å². The molecule has 2 saturated heterocycles. The van der Waals surface area contributed by atoms with Crippen LogP contribution < -0.4 is 0 Å². The van der Waals surface area contributed by atoms with Gasteiger partial charge in [-0.25, -0.2) is 0 Å². The highest BCUT2D eigenvalue weighted by molar-refractivity contribution is 5.80. The summed E-state index contributed by atoms with van der Waals surface area (Å²) in [6, 6.07) is 0.593. The van der Waals surface area contributed by atoms with Crippen molar-refractivity contribution in [3.63, 3.8) is 0 Å². The van der Waals surface area contributed by atoms with Crippen molar-refractivity contribution in [3.05, 3.63) is 0 Å². The van der Waals surface area contributed by atoms with E-state index in [0.29, 0.717) is 6.04 Å². The van der Waals surface area contributed by atoms with E-state index in [1.165, 1.54) is 25.9 Å². The van der Waals surface area contributed by atoms with E-state index in [2.05, 4.69) is 4.90 Å². The molecular formula is C12H22N2O2. The Morgan fingerprint density at radius 1 is 1.31 bits per heavy atom. The monoisotopic (exact) mass is 226 g/mol. The van der Waals surface area contributed by atoms with Gasteiger partial charge in [0.1, 0.15) is 6.10 Å². The SMILES string of the molecule is COC(C)C(=O)N1CCC(N2CCCC2)C1. The summed E-state index contributed by atoms with van der Waals surface area (Å²) in [6.45, 7) is 6.05. The van der Waals surface area contributed by atoms with Crippen LogP contribution in [0.15, 0.2) is 0 Å². The maximum atomic E-state index is 11.9.